The number of hydrogen-bond acceptors (Lipinski definition) is 6. The van der Waals surface area contributed by atoms with E-state index in [0.29, 0.717) is 17.3 Å². The van der Waals surface area contributed by atoms with Crippen molar-refractivity contribution < 1.29 is 9.45 Å². The SMILES string of the molecule is Cc1ccc([N+](=O)[O-])cc1-c1noc([C@@H]2CCCN2)n1. The topological polar surface area (TPSA) is 94.1 Å². The molecule has 7 heteroatoms. The largest absolute Gasteiger partial charge is 0.337 e. The Morgan fingerprint density at radius 2 is 2.35 bits per heavy atom. The Bertz CT molecular complexity index is 647. The van der Waals surface area contributed by atoms with Gasteiger partial charge < -0.3 is 9.84 Å². The summed E-state index contributed by atoms with van der Waals surface area (Å²) in [5.41, 5.74) is 1.53. The third-order valence-electron chi connectivity index (χ3n) is 3.47. The van der Waals surface area contributed by atoms with Crippen LogP contribution in [0.25, 0.3) is 11.4 Å². The van der Waals surface area contributed by atoms with Crippen LogP contribution in [-0.2, 0) is 0 Å². The number of nitro groups is 1. The molecule has 7 nitrogen and oxygen atoms in total. The van der Waals surface area contributed by atoms with Crippen LogP contribution in [0.2, 0.25) is 0 Å². The van der Waals surface area contributed by atoms with Gasteiger partial charge in [-0.25, -0.2) is 0 Å². The minimum atomic E-state index is -0.428. The average Bonchev–Trinajstić information content (AvgIpc) is 3.10. The Kier molecular flexibility index (Phi) is 3.19. The van der Waals surface area contributed by atoms with Gasteiger partial charge in [0, 0.05) is 17.7 Å². The second-order valence-corrected chi connectivity index (χ2v) is 4.86. The molecule has 1 aliphatic heterocycles. The lowest BCUT2D eigenvalue weighted by Crippen LogP contribution is -2.12. The second-order valence-electron chi connectivity index (χ2n) is 4.86. The van der Waals surface area contributed by atoms with Crippen LogP contribution in [0.1, 0.15) is 30.3 Å². The molecule has 3 rings (SSSR count). The fourth-order valence-corrected chi connectivity index (χ4v) is 2.35. The average molecular weight is 274 g/mol. The first kappa shape index (κ1) is 12.7. The summed E-state index contributed by atoms with van der Waals surface area (Å²) >= 11 is 0. The molecule has 20 heavy (non-hydrogen) atoms. The van der Waals surface area contributed by atoms with Crippen molar-refractivity contribution in [1.29, 1.82) is 0 Å². The predicted molar refractivity (Wildman–Crippen MR) is 71.1 cm³/mol. The quantitative estimate of drug-likeness (QED) is 0.682. The first-order valence-corrected chi connectivity index (χ1v) is 6.47. The fourth-order valence-electron chi connectivity index (χ4n) is 2.35. The summed E-state index contributed by atoms with van der Waals surface area (Å²) < 4.78 is 5.26. The third-order valence-corrected chi connectivity index (χ3v) is 3.47. The number of aryl methyl sites for hydroxylation is 1. The summed E-state index contributed by atoms with van der Waals surface area (Å²) in [6.07, 6.45) is 2.05. The van der Waals surface area contributed by atoms with Gasteiger partial charge in [-0.1, -0.05) is 11.2 Å². The Balaban J connectivity index is 1.96. The van der Waals surface area contributed by atoms with Crippen LogP contribution >= 0.6 is 0 Å². The van der Waals surface area contributed by atoms with Gasteiger partial charge in [0.25, 0.3) is 5.69 Å². The Morgan fingerprint density at radius 1 is 1.50 bits per heavy atom. The minimum Gasteiger partial charge on any atom is -0.337 e. The summed E-state index contributed by atoms with van der Waals surface area (Å²) in [4.78, 5) is 14.8. The van der Waals surface area contributed by atoms with Crippen molar-refractivity contribution in [1.82, 2.24) is 15.5 Å². The van der Waals surface area contributed by atoms with Crippen LogP contribution in [0, 0.1) is 17.0 Å². The van der Waals surface area contributed by atoms with E-state index in [9.17, 15) is 10.1 Å². The summed E-state index contributed by atoms with van der Waals surface area (Å²) in [6.45, 7) is 2.81. The fraction of sp³-hybridized carbons (Fsp3) is 0.385. The molecule has 1 N–H and O–H groups in total. The molecule has 0 radical (unpaired) electrons. The second kappa shape index (κ2) is 5.01. The van der Waals surface area contributed by atoms with Crippen molar-refractivity contribution in [2.75, 3.05) is 6.54 Å². The molecule has 0 amide bonds. The highest BCUT2D eigenvalue weighted by atomic mass is 16.6. The number of nitrogens with zero attached hydrogens (tertiary/aromatic N) is 3. The molecule has 0 aliphatic carbocycles. The van der Waals surface area contributed by atoms with Crippen molar-refractivity contribution in [3.8, 4) is 11.4 Å². The molecule has 1 fully saturated rings. The highest BCUT2D eigenvalue weighted by molar-refractivity contribution is 5.63. The Labute approximate surface area is 115 Å². The van der Waals surface area contributed by atoms with E-state index >= 15 is 0 Å². The predicted octanol–water partition coefficient (Wildman–Crippen LogP) is 2.38. The van der Waals surface area contributed by atoms with Gasteiger partial charge >= 0.3 is 0 Å². The van der Waals surface area contributed by atoms with Crippen LogP contribution in [-0.4, -0.2) is 21.6 Å². The molecule has 0 unspecified atom stereocenters. The highest BCUT2D eigenvalue weighted by Crippen LogP contribution is 2.28. The normalized spacial score (nSPS) is 18.4. The monoisotopic (exact) mass is 274 g/mol. The number of hydrogen-bond donors (Lipinski definition) is 1. The standard InChI is InChI=1S/C13H14N4O3/c1-8-4-5-9(17(18)19)7-10(8)12-15-13(20-16-12)11-3-2-6-14-11/h4-5,7,11,14H,2-3,6H2,1H3/t11-/m0/s1. The first-order chi connectivity index (χ1) is 9.65. The van der Waals surface area contributed by atoms with E-state index in [2.05, 4.69) is 15.5 Å². The van der Waals surface area contributed by atoms with Gasteiger partial charge in [-0.3, -0.25) is 10.1 Å². The summed E-state index contributed by atoms with van der Waals surface area (Å²) in [5, 5.41) is 18.1. The molecule has 1 aromatic carbocycles. The lowest BCUT2D eigenvalue weighted by molar-refractivity contribution is -0.384. The third kappa shape index (κ3) is 2.27. The van der Waals surface area contributed by atoms with Gasteiger partial charge in [0.2, 0.25) is 11.7 Å². The van der Waals surface area contributed by atoms with Crippen molar-refractivity contribution in [3.63, 3.8) is 0 Å². The molecule has 0 bridgehead atoms. The van der Waals surface area contributed by atoms with Crippen LogP contribution in [0.3, 0.4) is 0 Å². The Morgan fingerprint density at radius 3 is 3.05 bits per heavy atom. The maximum Gasteiger partial charge on any atom is 0.270 e. The smallest absolute Gasteiger partial charge is 0.270 e. The molecule has 1 saturated heterocycles. The molecular weight excluding hydrogens is 260 g/mol. The number of nitro benzene ring substituents is 1. The van der Waals surface area contributed by atoms with Crippen LogP contribution < -0.4 is 5.32 Å². The zero-order chi connectivity index (χ0) is 14.1. The number of nitrogens with one attached hydrogen (secondary N) is 1. The van der Waals surface area contributed by atoms with E-state index in [1.807, 2.05) is 6.92 Å². The molecule has 104 valence electrons. The van der Waals surface area contributed by atoms with E-state index in [1.54, 1.807) is 6.07 Å². The van der Waals surface area contributed by atoms with Crippen molar-refractivity contribution >= 4 is 5.69 Å². The van der Waals surface area contributed by atoms with E-state index in [-0.39, 0.29) is 11.7 Å². The molecular formula is C13H14N4O3. The molecule has 1 atom stereocenters. The van der Waals surface area contributed by atoms with Crippen LogP contribution in [0.4, 0.5) is 5.69 Å². The van der Waals surface area contributed by atoms with Gasteiger partial charge in [0.05, 0.1) is 11.0 Å². The highest BCUT2D eigenvalue weighted by Gasteiger charge is 2.23. The zero-order valence-electron chi connectivity index (χ0n) is 11.0. The first-order valence-electron chi connectivity index (χ1n) is 6.47. The number of benzene rings is 1. The Hall–Kier alpha value is -2.28. The van der Waals surface area contributed by atoms with E-state index in [1.165, 1.54) is 12.1 Å². The van der Waals surface area contributed by atoms with E-state index < -0.39 is 4.92 Å². The molecule has 1 aromatic heterocycles. The van der Waals surface area contributed by atoms with E-state index in [4.69, 9.17) is 4.52 Å². The van der Waals surface area contributed by atoms with Crippen molar-refractivity contribution in [2.24, 2.45) is 0 Å². The van der Waals surface area contributed by atoms with Crippen molar-refractivity contribution in [3.05, 3.63) is 39.8 Å². The summed E-state index contributed by atoms with van der Waals surface area (Å²) in [6, 6.07) is 4.73. The van der Waals surface area contributed by atoms with Gasteiger partial charge in [0.1, 0.15) is 0 Å². The lowest BCUT2D eigenvalue weighted by Gasteiger charge is -2.02. The molecule has 1 aliphatic rings. The maximum atomic E-state index is 10.8. The van der Waals surface area contributed by atoms with Gasteiger partial charge in [-0.05, 0) is 31.9 Å². The lowest BCUT2D eigenvalue weighted by atomic mass is 10.1. The van der Waals surface area contributed by atoms with Gasteiger partial charge in [0.15, 0.2) is 0 Å². The summed E-state index contributed by atoms with van der Waals surface area (Å²) in [7, 11) is 0. The molecule has 2 aromatic rings. The van der Waals surface area contributed by atoms with Crippen LogP contribution in [0.15, 0.2) is 22.7 Å². The van der Waals surface area contributed by atoms with E-state index in [0.717, 1.165) is 24.9 Å². The maximum absolute atomic E-state index is 10.8. The van der Waals surface area contributed by atoms with Crippen LogP contribution in [0.5, 0.6) is 0 Å². The number of non-ortho nitro benzene ring substituents is 1. The molecule has 0 spiro atoms. The minimum absolute atomic E-state index is 0.0240. The molecule has 0 saturated carbocycles. The summed E-state index contributed by atoms with van der Waals surface area (Å²) in [5.74, 6) is 0.943. The molecule has 2 heterocycles. The van der Waals surface area contributed by atoms with Gasteiger partial charge in [-0.15, -0.1) is 0 Å². The number of aromatic nitrogens is 2. The zero-order valence-corrected chi connectivity index (χ0v) is 11.0. The van der Waals surface area contributed by atoms with Crippen molar-refractivity contribution in [2.45, 2.75) is 25.8 Å². The number of rotatable bonds is 3. The van der Waals surface area contributed by atoms with Gasteiger partial charge in [-0.2, -0.15) is 4.98 Å².